The van der Waals surface area contributed by atoms with E-state index in [1.807, 2.05) is 0 Å². The Morgan fingerprint density at radius 2 is 1.55 bits per heavy atom. The van der Waals surface area contributed by atoms with Gasteiger partial charge in [-0.05, 0) is 56.2 Å². The molecule has 0 heterocycles. The Morgan fingerprint density at radius 1 is 0.925 bits per heavy atom. The third kappa shape index (κ3) is 7.36. The Kier molecular flexibility index (Phi) is 9.17. The van der Waals surface area contributed by atoms with Crippen molar-refractivity contribution >= 4 is 33.7 Å². The molecule has 12 heteroatoms. The smallest absolute Gasteiger partial charge is 0.424 e. The fourth-order valence-corrected chi connectivity index (χ4v) is 4.90. The molecule has 3 aromatic rings. The molecule has 0 atom stereocenters. The Labute approximate surface area is 232 Å². The third-order valence-corrected chi connectivity index (χ3v) is 7.36. The number of aromatic carboxylic acids is 1. The lowest BCUT2D eigenvalue weighted by Gasteiger charge is -2.29. The van der Waals surface area contributed by atoms with E-state index < -0.39 is 45.9 Å². The topological polar surface area (TPSA) is 168 Å². The van der Waals surface area contributed by atoms with Crippen LogP contribution in [0, 0.1) is 0 Å². The number of carbonyl (C=O) groups is 3. The quantitative estimate of drug-likeness (QED) is 0.348. The molecule has 0 radical (unpaired) electrons. The van der Waals surface area contributed by atoms with Gasteiger partial charge >= 0.3 is 12.1 Å². The van der Waals surface area contributed by atoms with E-state index in [0.29, 0.717) is 15.4 Å². The molecule has 212 valence electrons. The molecule has 0 aromatic heterocycles. The van der Waals surface area contributed by atoms with Gasteiger partial charge in [0.15, 0.2) is 0 Å². The van der Waals surface area contributed by atoms with Gasteiger partial charge in [0.05, 0.1) is 11.4 Å². The summed E-state index contributed by atoms with van der Waals surface area (Å²) in [6, 6.07) is 17.8. The van der Waals surface area contributed by atoms with Crippen molar-refractivity contribution in [2.24, 2.45) is 5.73 Å². The molecule has 40 heavy (non-hydrogen) atoms. The summed E-state index contributed by atoms with van der Waals surface area (Å²) in [6.45, 7) is 3.84. The first kappa shape index (κ1) is 30.1. The molecule has 3 rings (SSSR count). The minimum absolute atomic E-state index is 0.0705. The van der Waals surface area contributed by atoms with Gasteiger partial charge in [-0.2, -0.15) is 4.31 Å². The summed E-state index contributed by atoms with van der Waals surface area (Å²) in [5, 5.41) is 19.5. The second-order valence-corrected chi connectivity index (χ2v) is 11.7. The Morgan fingerprint density at radius 3 is 2.08 bits per heavy atom. The summed E-state index contributed by atoms with van der Waals surface area (Å²) >= 11 is 0. The van der Waals surface area contributed by atoms with Gasteiger partial charge in [0.2, 0.25) is 5.91 Å². The number of phenols is 1. The summed E-state index contributed by atoms with van der Waals surface area (Å²) in [6.07, 6.45) is -1.26. The van der Waals surface area contributed by atoms with Gasteiger partial charge < -0.3 is 25.6 Å². The molecule has 0 unspecified atom stereocenters. The largest absolute Gasteiger partial charge is 0.507 e. The van der Waals surface area contributed by atoms with Crippen LogP contribution >= 0.6 is 0 Å². The number of anilines is 1. The maximum Gasteiger partial charge on any atom is 0.424 e. The maximum atomic E-state index is 13.7. The van der Waals surface area contributed by atoms with Crippen LogP contribution in [-0.2, 0) is 32.6 Å². The van der Waals surface area contributed by atoms with E-state index in [1.165, 1.54) is 30.3 Å². The van der Waals surface area contributed by atoms with Crippen LogP contribution in [0.4, 0.5) is 10.5 Å². The monoisotopic (exact) mass is 569 g/mol. The van der Waals surface area contributed by atoms with Crippen molar-refractivity contribution in [3.63, 3.8) is 0 Å². The number of amides is 2. The molecule has 0 aliphatic heterocycles. The molecule has 0 saturated carbocycles. The highest BCUT2D eigenvalue weighted by molar-refractivity contribution is 7.89. The van der Waals surface area contributed by atoms with Crippen LogP contribution in [0.1, 0.15) is 42.3 Å². The number of aromatic hydroxyl groups is 1. The highest BCUT2D eigenvalue weighted by Gasteiger charge is 2.36. The SMILES string of the molecule is CC(C)(C)OC(=O)N(CC(=O)N(Cc1ccccc1)c1ccc(C(=O)O)c(O)c1)S(=O)(=O)c1ccc(CN)cc1. The van der Waals surface area contributed by atoms with Crippen LogP contribution in [0.15, 0.2) is 77.7 Å². The minimum atomic E-state index is -4.56. The van der Waals surface area contributed by atoms with Crippen LogP contribution in [-0.4, -0.2) is 53.1 Å². The van der Waals surface area contributed by atoms with Gasteiger partial charge in [-0.3, -0.25) is 4.79 Å². The van der Waals surface area contributed by atoms with E-state index in [9.17, 15) is 33.0 Å². The number of rotatable bonds is 9. The number of carboxylic acid groups (broad SMARTS) is 1. The van der Waals surface area contributed by atoms with Crippen molar-refractivity contribution in [2.75, 3.05) is 11.4 Å². The zero-order chi connectivity index (χ0) is 29.7. The second kappa shape index (κ2) is 12.2. The normalized spacial score (nSPS) is 11.5. The molecular formula is C28H31N3O8S. The lowest BCUT2D eigenvalue weighted by atomic mass is 10.1. The van der Waals surface area contributed by atoms with Gasteiger partial charge in [0, 0.05) is 18.3 Å². The van der Waals surface area contributed by atoms with Crippen LogP contribution in [0.25, 0.3) is 0 Å². The average molecular weight is 570 g/mol. The zero-order valence-corrected chi connectivity index (χ0v) is 23.1. The van der Waals surface area contributed by atoms with Gasteiger partial charge in [0.1, 0.15) is 23.5 Å². The predicted octanol–water partition coefficient (Wildman–Crippen LogP) is 3.71. The summed E-state index contributed by atoms with van der Waals surface area (Å²) in [5.74, 6) is -2.79. The summed E-state index contributed by atoms with van der Waals surface area (Å²) < 4.78 is 32.9. The molecule has 3 aromatic carbocycles. The fourth-order valence-electron chi connectivity index (χ4n) is 3.65. The van der Waals surface area contributed by atoms with Gasteiger partial charge in [-0.1, -0.05) is 42.5 Å². The van der Waals surface area contributed by atoms with Crippen molar-refractivity contribution < 1.29 is 37.8 Å². The number of nitrogens with zero attached hydrogens (tertiary/aromatic N) is 2. The van der Waals surface area contributed by atoms with Crippen LogP contribution < -0.4 is 10.6 Å². The van der Waals surface area contributed by atoms with Crippen LogP contribution in [0.2, 0.25) is 0 Å². The molecule has 4 N–H and O–H groups in total. The third-order valence-electron chi connectivity index (χ3n) is 5.63. The standard InChI is InChI=1S/C28H31N3O8S/c1-28(2,3)39-27(36)31(40(37,38)22-12-9-19(16-29)10-13-22)18-25(33)30(17-20-7-5-4-6-8-20)21-11-14-23(26(34)35)24(32)15-21/h4-15,32H,16-18,29H2,1-3H3,(H,34,35). The van der Waals surface area contributed by atoms with Crippen molar-refractivity contribution in [1.82, 2.24) is 4.31 Å². The van der Waals surface area contributed by atoms with E-state index in [-0.39, 0.29) is 29.2 Å². The van der Waals surface area contributed by atoms with E-state index in [4.69, 9.17) is 10.5 Å². The molecule has 0 aliphatic rings. The molecule has 0 saturated heterocycles. The Hall–Kier alpha value is -4.42. The lowest BCUT2D eigenvalue weighted by molar-refractivity contribution is -0.119. The first-order valence-corrected chi connectivity index (χ1v) is 13.6. The number of carboxylic acids is 1. The zero-order valence-electron chi connectivity index (χ0n) is 22.3. The summed E-state index contributed by atoms with van der Waals surface area (Å²) in [4.78, 5) is 39.2. The van der Waals surface area contributed by atoms with Gasteiger partial charge in [-0.25, -0.2) is 18.0 Å². The van der Waals surface area contributed by atoms with Crippen LogP contribution in [0.3, 0.4) is 0 Å². The molecule has 11 nitrogen and oxygen atoms in total. The number of hydrogen-bond donors (Lipinski definition) is 3. The first-order chi connectivity index (χ1) is 18.7. The minimum Gasteiger partial charge on any atom is -0.507 e. The van der Waals surface area contributed by atoms with Gasteiger partial charge in [-0.15, -0.1) is 0 Å². The number of benzene rings is 3. The summed E-state index contributed by atoms with van der Waals surface area (Å²) in [5.41, 5.74) is 5.56. The number of carbonyl (C=O) groups excluding carboxylic acids is 2. The average Bonchev–Trinajstić information content (AvgIpc) is 2.89. The van der Waals surface area contributed by atoms with Crippen molar-refractivity contribution in [2.45, 2.75) is 44.4 Å². The highest BCUT2D eigenvalue weighted by atomic mass is 32.2. The van der Waals surface area contributed by atoms with E-state index in [0.717, 1.165) is 17.0 Å². The fraction of sp³-hybridized carbons (Fsp3) is 0.250. The highest BCUT2D eigenvalue weighted by Crippen LogP contribution is 2.27. The van der Waals surface area contributed by atoms with Crippen LogP contribution in [0.5, 0.6) is 5.75 Å². The maximum absolute atomic E-state index is 13.7. The molecule has 0 spiro atoms. The molecule has 0 fully saturated rings. The molecule has 2 amide bonds. The van der Waals surface area contributed by atoms with Crippen molar-refractivity contribution in [3.05, 3.63) is 89.5 Å². The predicted molar refractivity (Wildman–Crippen MR) is 147 cm³/mol. The Balaban J connectivity index is 2.06. The molecule has 0 aliphatic carbocycles. The number of ether oxygens (including phenoxy) is 1. The number of sulfonamides is 1. The molecular weight excluding hydrogens is 538 g/mol. The van der Waals surface area contributed by atoms with E-state index in [2.05, 4.69) is 0 Å². The molecule has 0 bridgehead atoms. The summed E-state index contributed by atoms with van der Waals surface area (Å²) in [7, 11) is -4.56. The lowest BCUT2D eigenvalue weighted by Crippen LogP contribution is -2.47. The van der Waals surface area contributed by atoms with Gasteiger partial charge in [0.25, 0.3) is 10.0 Å². The van der Waals surface area contributed by atoms with E-state index in [1.54, 1.807) is 51.1 Å². The first-order valence-electron chi connectivity index (χ1n) is 12.2. The Bertz CT molecular complexity index is 1480. The second-order valence-electron chi connectivity index (χ2n) is 9.81. The van der Waals surface area contributed by atoms with Crippen molar-refractivity contribution in [1.29, 1.82) is 0 Å². The number of hydrogen-bond acceptors (Lipinski definition) is 8. The number of nitrogens with two attached hydrogens (primary N) is 1. The van der Waals surface area contributed by atoms with Crippen molar-refractivity contribution in [3.8, 4) is 5.75 Å². The van der Waals surface area contributed by atoms with E-state index >= 15 is 0 Å².